The molecule has 0 amide bonds. The largest absolute Gasteiger partial charge is 0.321 e. The van der Waals surface area contributed by atoms with Gasteiger partial charge in [-0.3, -0.25) is 0 Å². The van der Waals surface area contributed by atoms with Gasteiger partial charge in [0, 0.05) is 6.04 Å². The maximum atomic E-state index is 5.88. The topological polar surface area (TPSA) is 26.0 Å². The van der Waals surface area contributed by atoms with Crippen LogP contribution in [-0.2, 0) is 0 Å². The Morgan fingerprint density at radius 2 is 1.77 bits per heavy atom. The summed E-state index contributed by atoms with van der Waals surface area (Å²) in [7, 11) is 0. The molecule has 0 fully saturated rings. The maximum Gasteiger partial charge on any atom is 0.0483 e. The van der Waals surface area contributed by atoms with Crippen molar-refractivity contribution in [3.8, 4) is 0 Å². The molecule has 0 heterocycles. The summed E-state index contributed by atoms with van der Waals surface area (Å²) in [5.74, 6) is 0. The molecule has 0 aliphatic carbocycles. The average molecular weight is 198 g/mol. The van der Waals surface area contributed by atoms with Crippen LogP contribution in [0.25, 0.3) is 0 Å². The quantitative estimate of drug-likeness (QED) is 0.725. The van der Waals surface area contributed by atoms with Crippen LogP contribution in [0.1, 0.15) is 22.7 Å². The molecule has 1 aromatic rings. The third kappa shape index (κ3) is 2.58. The maximum absolute atomic E-state index is 5.88. The molecule has 2 N–H and O–H groups in total. The fourth-order valence-electron chi connectivity index (χ4n) is 1.47. The van der Waals surface area contributed by atoms with E-state index in [1.54, 1.807) is 6.08 Å². The van der Waals surface area contributed by atoms with Crippen LogP contribution >= 0.6 is 12.4 Å². The van der Waals surface area contributed by atoms with Gasteiger partial charge in [-0.2, -0.15) is 0 Å². The first-order valence-electron chi connectivity index (χ1n) is 4.11. The van der Waals surface area contributed by atoms with Gasteiger partial charge in [0.15, 0.2) is 0 Å². The molecule has 72 valence electrons. The molecule has 0 saturated carbocycles. The van der Waals surface area contributed by atoms with Gasteiger partial charge in [0.2, 0.25) is 0 Å². The first kappa shape index (κ1) is 12.2. The fraction of sp³-hybridized carbons (Fsp3) is 0.273. The predicted octanol–water partition coefficient (Wildman–Crippen LogP) is 2.91. The Balaban J connectivity index is 0.00000144. The zero-order valence-electron chi connectivity index (χ0n) is 8.08. The Bertz CT molecular complexity index is 274. The molecule has 0 aliphatic heterocycles. The van der Waals surface area contributed by atoms with Crippen LogP contribution in [0.5, 0.6) is 0 Å². The smallest absolute Gasteiger partial charge is 0.0483 e. The lowest BCUT2D eigenvalue weighted by Crippen LogP contribution is -2.09. The van der Waals surface area contributed by atoms with Crippen LogP contribution < -0.4 is 5.73 Å². The van der Waals surface area contributed by atoms with Crippen molar-refractivity contribution in [3.05, 3.63) is 47.5 Å². The minimum atomic E-state index is -0.0359. The highest BCUT2D eigenvalue weighted by atomic mass is 35.5. The summed E-state index contributed by atoms with van der Waals surface area (Å²) in [5.41, 5.74) is 9.56. The van der Waals surface area contributed by atoms with E-state index in [9.17, 15) is 0 Å². The van der Waals surface area contributed by atoms with Gasteiger partial charge in [0.25, 0.3) is 0 Å². The van der Waals surface area contributed by atoms with Crippen molar-refractivity contribution < 1.29 is 0 Å². The van der Waals surface area contributed by atoms with E-state index < -0.39 is 0 Å². The summed E-state index contributed by atoms with van der Waals surface area (Å²) < 4.78 is 0. The van der Waals surface area contributed by atoms with Gasteiger partial charge in [-0.25, -0.2) is 0 Å². The van der Waals surface area contributed by atoms with E-state index in [4.69, 9.17) is 5.73 Å². The van der Waals surface area contributed by atoms with Crippen LogP contribution in [0.15, 0.2) is 30.9 Å². The molecular formula is C11H16ClN. The van der Waals surface area contributed by atoms with Gasteiger partial charge in [0.05, 0.1) is 0 Å². The Labute approximate surface area is 86.1 Å². The van der Waals surface area contributed by atoms with Crippen molar-refractivity contribution >= 4 is 12.4 Å². The molecule has 0 unspecified atom stereocenters. The SMILES string of the molecule is C=C[C@@H](N)c1c(C)cccc1C.Cl. The molecule has 2 heteroatoms. The molecule has 1 aromatic carbocycles. The first-order valence-corrected chi connectivity index (χ1v) is 4.11. The lowest BCUT2D eigenvalue weighted by Gasteiger charge is -2.13. The lowest BCUT2D eigenvalue weighted by atomic mass is 9.97. The third-order valence-corrected chi connectivity index (χ3v) is 2.13. The second kappa shape index (κ2) is 5.05. The zero-order valence-corrected chi connectivity index (χ0v) is 8.90. The third-order valence-electron chi connectivity index (χ3n) is 2.13. The van der Waals surface area contributed by atoms with Crippen molar-refractivity contribution in [2.45, 2.75) is 19.9 Å². The molecule has 0 aliphatic rings. The van der Waals surface area contributed by atoms with E-state index in [0.29, 0.717) is 0 Å². The van der Waals surface area contributed by atoms with Crippen LogP contribution in [0.4, 0.5) is 0 Å². The van der Waals surface area contributed by atoms with E-state index in [1.807, 2.05) is 6.07 Å². The molecule has 0 saturated heterocycles. The normalized spacial score (nSPS) is 11.6. The second-order valence-electron chi connectivity index (χ2n) is 3.07. The highest BCUT2D eigenvalue weighted by Crippen LogP contribution is 2.20. The molecular weight excluding hydrogens is 182 g/mol. The number of hydrogen-bond donors (Lipinski definition) is 1. The molecule has 1 nitrogen and oxygen atoms in total. The monoisotopic (exact) mass is 197 g/mol. The average Bonchev–Trinajstić information content (AvgIpc) is 2.03. The zero-order chi connectivity index (χ0) is 9.14. The number of benzene rings is 1. The number of halogens is 1. The molecule has 13 heavy (non-hydrogen) atoms. The van der Waals surface area contributed by atoms with Crippen molar-refractivity contribution in [1.82, 2.24) is 0 Å². The minimum absolute atomic E-state index is 0. The van der Waals surface area contributed by atoms with Gasteiger partial charge in [-0.1, -0.05) is 24.3 Å². The number of hydrogen-bond acceptors (Lipinski definition) is 1. The molecule has 0 radical (unpaired) electrons. The number of aryl methyl sites for hydroxylation is 2. The Kier molecular flexibility index (Phi) is 4.74. The molecule has 0 spiro atoms. The lowest BCUT2D eigenvalue weighted by molar-refractivity contribution is 0.890. The molecule has 1 rings (SSSR count). The first-order chi connectivity index (χ1) is 5.66. The minimum Gasteiger partial charge on any atom is -0.321 e. The van der Waals surface area contributed by atoms with Crippen molar-refractivity contribution in [1.29, 1.82) is 0 Å². The van der Waals surface area contributed by atoms with E-state index in [-0.39, 0.29) is 18.4 Å². The number of nitrogens with two attached hydrogens (primary N) is 1. The summed E-state index contributed by atoms with van der Waals surface area (Å²) >= 11 is 0. The Morgan fingerprint density at radius 1 is 1.31 bits per heavy atom. The van der Waals surface area contributed by atoms with Gasteiger partial charge < -0.3 is 5.73 Å². The van der Waals surface area contributed by atoms with Crippen LogP contribution in [-0.4, -0.2) is 0 Å². The van der Waals surface area contributed by atoms with Crippen LogP contribution in [0, 0.1) is 13.8 Å². The van der Waals surface area contributed by atoms with Crippen molar-refractivity contribution in [2.75, 3.05) is 0 Å². The fourth-order valence-corrected chi connectivity index (χ4v) is 1.47. The summed E-state index contributed by atoms with van der Waals surface area (Å²) in [6.45, 7) is 7.84. The predicted molar refractivity (Wildman–Crippen MR) is 60.3 cm³/mol. The molecule has 0 aromatic heterocycles. The van der Waals surface area contributed by atoms with E-state index in [0.717, 1.165) is 0 Å². The molecule has 0 bridgehead atoms. The summed E-state index contributed by atoms with van der Waals surface area (Å²) in [5, 5.41) is 0. The van der Waals surface area contributed by atoms with E-state index in [2.05, 4.69) is 32.6 Å². The molecule has 1 atom stereocenters. The highest BCUT2D eigenvalue weighted by molar-refractivity contribution is 5.85. The summed E-state index contributed by atoms with van der Waals surface area (Å²) in [6, 6.07) is 6.16. The Morgan fingerprint density at radius 3 is 2.15 bits per heavy atom. The Hall–Kier alpha value is -0.790. The van der Waals surface area contributed by atoms with Crippen LogP contribution in [0.3, 0.4) is 0 Å². The second-order valence-corrected chi connectivity index (χ2v) is 3.07. The summed E-state index contributed by atoms with van der Waals surface area (Å²) in [4.78, 5) is 0. The van der Waals surface area contributed by atoms with Gasteiger partial charge in [-0.15, -0.1) is 19.0 Å². The van der Waals surface area contributed by atoms with Gasteiger partial charge >= 0.3 is 0 Å². The summed E-state index contributed by atoms with van der Waals surface area (Å²) in [6.07, 6.45) is 1.77. The van der Waals surface area contributed by atoms with Gasteiger partial charge in [-0.05, 0) is 30.5 Å². The highest BCUT2D eigenvalue weighted by Gasteiger charge is 2.06. The van der Waals surface area contributed by atoms with E-state index in [1.165, 1.54) is 16.7 Å². The standard InChI is InChI=1S/C11H15N.ClH/c1-4-10(12)11-8(2)6-5-7-9(11)3;/h4-7,10H,1,12H2,2-3H3;1H/t10-;/m1./s1. The van der Waals surface area contributed by atoms with Crippen molar-refractivity contribution in [2.24, 2.45) is 5.73 Å². The van der Waals surface area contributed by atoms with Crippen LogP contribution in [0.2, 0.25) is 0 Å². The van der Waals surface area contributed by atoms with Crippen molar-refractivity contribution in [3.63, 3.8) is 0 Å². The van der Waals surface area contributed by atoms with E-state index >= 15 is 0 Å². The number of rotatable bonds is 2. The van der Waals surface area contributed by atoms with Gasteiger partial charge in [0.1, 0.15) is 0 Å².